The summed E-state index contributed by atoms with van der Waals surface area (Å²) in [6, 6.07) is 17.0. The van der Waals surface area contributed by atoms with Crippen LogP contribution in [-0.2, 0) is 4.79 Å². The average molecular weight is 434 g/mol. The molecular formula is C26H31N3O3. The van der Waals surface area contributed by atoms with Crippen molar-refractivity contribution in [2.45, 2.75) is 45.7 Å². The minimum atomic E-state index is -0.868. The molecule has 1 amide bonds. The van der Waals surface area contributed by atoms with Crippen molar-refractivity contribution in [2.24, 2.45) is 5.92 Å². The molecule has 2 atom stereocenters. The molecule has 6 heteroatoms. The summed E-state index contributed by atoms with van der Waals surface area (Å²) in [5.74, 6) is -0.731. The third-order valence-corrected chi connectivity index (χ3v) is 5.42. The molecule has 0 bridgehead atoms. The second kappa shape index (κ2) is 10.9. The van der Waals surface area contributed by atoms with Crippen LogP contribution < -0.4 is 10.6 Å². The lowest BCUT2D eigenvalue weighted by Crippen LogP contribution is -2.44. The van der Waals surface area contributed by atoms with Crippen LogP contribution in [0.3, 0.4) is 0 Å². The van der Waals surface area contributed by atoms with Crippen molar-refractivity contribution in [3.05, 3.63) is 77.6 Å². The van der Waals surface area contributed by atoms with E-state index in [9.17, 15) is 14.7 Å². The Bertz CT molecular complexity index is 1060. The van der Waals surface area contributed by atoms with Gasteiger partial charge in [-0.1, -0.05) is 67.9 Å². The summed E-state index contributed by atoms with van der Waals surface area (Å²) in [4.78, 5) is 28.7. The Kier molecular flexibility index (Phi) is 7.95. The van der Waals surface area contributed by atoms with E-state index in [1.54, 1.807) is 12.3 Å². The number of aromatic nitrogens is 1. The van der Waals surface area contributed by atoms with E-state index in [4.69, 9.17) is 0 Å². The molecule has 3 rings (SSSR count). The van der Waals surface area contributed by atoms with Gasteiger partial charge in [0.2, 0.25) is 0 Å². The Labute approximate surface area is 189 Å². The van der Waals surface area contributed by atoms with Crippen LogP contribution in [0.2, 0.25) is 0 Å². The van der Waals surface area contributed by atoms with Gasteiger partial charge in [0.15, 0.2) is 0 Å². The fraction of sp³-hybridized carbons (Fsp3) is 0.346. The minimum absolute atomic E-state index is 0.0301. The number of hydrogen-bond donors (Lipinski definition) is 3. The van der Waals surface area contributed by atoms with Crippen molar-refractivity contribution in [1.82, 2.24) is 15.6 Å². The first-order chi connectivity index (χ1) is 15.3. The Morgan fingerprint density at radius 2 is 1.72 bits per heavy atom. The summed E-state index contributed by atoms with van der Waals surface area (Å²) in [7, 11) is 0. The summed E-state index contributed by atoms with van der Waals surface area (Å²) >= 11 is 0. The number of carbonyl (C=O) groups excluding carboxylic acids is 1. The number of rotatable bonds is 10. The number of carbonyl (C=O) groups is 2. The highest BCUT2D eigenvalue weighted by Crippen LogP contribution is 2.19. The quantitative estimate of drug-likeness (QED) is 0.438. The number of pyridine rings is 1. The number of fused-ring (bicyclic) bond motifs is 1. The molecule has 0 aliphatic heterocycles. The summed E-state index contributed by atoms with van der Waals surface area (Å²) < 4.78 is 0. The van der Waals surface area contributed by atoms with Gasteiger partial charge in [-0.2, -0.15) is 0 Å². The highest BCUT2D eigenvalue weighted by atomic mass is 16.4. The van der Waals surface area contributed by atoms with Gasteiger partial charge in [-0.15, -0.1) is 0 Å². The molecule has 1 unspecified atom stereocenters. The Balaban J connectivity index is 1.71. The first-order valence-corrected chi connectivity index (χ1v) is 11.0. The van der Waals surface area contributed by atoms with E-state index < -0.39 is 5.97 Å². The predicted molar refractivity (Wildman–Crippen MR) is 127 cm³/mol. The normalized spacial score (nSPS) is 13.1. The fourth-order valence-corrected chi connectivity index (χ4v) is 3.80. The highest BCUT2D eigenvalue weighted by Gasteiger charge is 2.20. The summed E-state index contributed by atoms with van der Waals surface area (Å²) in [6.45, 7) is 6.66. The van der Waals surface area contributed by atoms with Crippen molar-refractivity contribution < 1.29 is 14.7 Å². The predicted octanol–water partition coefficient (Wildman–Crippen LogP) is 4.49. The number of benzene rings is 2. The van der Waals surface area contributed by atoms with E-state index in [0.29, 0.717) is 18.2 Å². The standard InChI is InChI=1S/C26H31N3O3/c1-17(2)12-22(16-28-23(14-25(30)31)19-10-8-18(3)9-11-19)29-26(32)24-13-20-6-4-5-7-21(20)15-27-24/h4-11,13,15,17,22-23,28H,12,14,16H2,1-3H3,(H,29,32)(H,30,31)/t22-,23?/m0/s1. The number of aryl methyl sites for hydroxylation is 1. The molecule has 0 fully saturated rings. The van der Waals surface area contributed by atoms with Gasteiger partial charge < -0.3 is 15.7 Å². The van der Waals surface area contributed by atoms with Gasteiger partial charge in [-0.3, -0.25) is 14.6 Å². The molecule has 3 aromatic rings. The zero-order valence-corrected chi connectivity index (χ0v) is 18.8. The van der Waals surface area contributed by atoms with Gasteiger partial charge in [0.05, 0.1) is 6.42 Å². The van der Waals surface area contributed by atoms with E-state index in [0.717, 1.165) is 28.3 Å². The van der Waals surface area contributed by atoms with Gasteiger partial charge in [-0.25, -0.2) is 0 Å². The summed E-state index contributed by atoms with van der Waals surface area (Å²) in [5, 5.41) is 17.8. The summed E-state index contributed by atoms with van der Waals surface area (Å²) in [6.07, 6.45) is 2.44. The van der Waals surface area contributed by atoms with Crippen LogP contribution in [0, 0.1) is 12.8 Å². The number of nitrogens with zero attached hydrogens (tertiary/aromatic N) is 1. The molecular weight excluding hydrogens is 402 g/mol. The fourth-order valence-electron chi connectivity index (χ4n) is 3.80. The largest absolute Gasteiger partial charge is 0.481 e. The number of carboxylic acid groups (broad SMARTS) is 1. The van der Waals surface area contributed by atoms with Crippen LogP contribution in [-0.4, -0.2) is 34.6 Å². The molecule has 1 aromatic heterocycles. The molecule has 0 aliphatic rings. The number of amides is 1. The van der Waals surface area contributed by atoms with Crippen molar-refractivity contribution >= 4 is 22.6 Å². The van der Waals surface area contributed by atoms with Gasteiger partial charge in [-0.05, 0) is 36.3 Å². The second-order valence-corrected chi connectivity index (χ2v) is 8.69. The second-order valence-electron chi connectivity index (χ2n) is 8.69. The van der Waals surface area contributed by atoms with Crippen LogP contribution in [0.5, 0.6) is 0 Å². The van der Waals surface area contributed by atoms with Crippen LogP contribution >= 0.6 is 0 Å². The number of aliphatic carboxylic acids is 1. The smallest absolute Gasteiger partial charge is 0.305 e. The van der Waals surface area contributed by atoms with Gasteiger partial charge in [0, 0.05) is 30.2 Å². The van der Waals surface area contributed by atoms with Crippen molar-refractivity contribution in [2.75, 3.05) is 6.54 Å². The molecule has 0 radical (unpaired) electrons. The number of hydrogen-bond acceptors (Lipinski definition) is 4. The average Bonchev–Trinajstić information content (AvgIpc) is 2.76. The molecule has 1 heterocycles. The van der Waals surface area contributed by atoms with Gasteiger partial charge >= 0.3 is 5.97 Å². The van der Waals surface area contributed by atoms with Crippen molar-refractivity contribution in [1.29, 1.82) is 0 Å². The highest BCUT2D eigenvalue weighted by molar-refractivity contribution is 5.96. The van der Waals surface area contributed by atoms with Gasteiger partial charge in [0.1, 0.15) is 5.69 Å². The molecule has 0 saturated carbocycles. The first-order valence-electron chi connectivity index (χ1n) is 11.0. The Morgan fingerprint density at radius 1 is 1.03 bits per heavy atom. The molecule has 0 spiro atoms. The van der Waals surface area contributed by atoms with E-state index in [-0.39, 0.29) is 24.4 Å². The van der Waals surface area contributed by atoms with Crippen LogP contribution in [0.1, 0.15) is 54.3 Å². The lowest BCUT2D eigenvalue weighted by molar-refractivity contribution is -0.137. The lowest BCUT2D eigenvalue weighted by atomic mass is 10.00. The van der Waals surface area contributed by atoms with Crippen LogP contribution in [0.25, 0.3) is 10.8 Å². The van der Waals surface area contributed by atoms with Crippen molar-refractivity contribution in [3.8, 4) is 0 Å². The van der Waals surface area contributed by atoms with Gasteiger partial charge in [0.25, 0.3) is 5.91 Å². The zero-order chi connectivity index (χ0) is 23.1. The zero-order valence-electron chi connectivity index (χ0n) is 18.8. The van der Waals surface area contributed by atoms with Crippen LogP contribution in [0.4, 0.5) is 0 Å². The molecule has 6 nitrogen and oxygen atoms in total. The third-order valence-electron chi connectivity index (χ3n) is 5.42. The molecule has 3 N–H and O–H groups in total. The lowest BCUT2D eigenvalue weighted by Gasteiger charge is -2.25. The van der Waals surface area contributed by atoms with Crippen LogP contribution in [0.15, 0.2) is 60.8 Å². The first kappa shape index (κ1) is 23.4. The van der Waals surface area contributed by atoms with E-state index in [1.165, 1.54) is 0 Å². The number of carboxylic acids is 1. The third kappa shape index (κ3) is 6.62. The Morgan fingerprint density at radius 3 is 2.38 bits per heavy atom. The van der Waals surface area contributed by atoms with E-state index in [1.807, 2.05) is 55.5 Å². The molecule has 0 saturated heterocycles. The molecule has 168 valence electrons. The minimum Gasteiger partial charge on any atom is -0.481 e. The summed E-state index contributed by atoms with van der Waals surface area (Å²) in [5.41, 5.74) is 2.41. The van der Waals surface area contributed by atoms with E-state index >= 15 is 0 Å². The number of nitrogens with one attached hydrogen (secondary N) is 2. The van der Waals surface area contributed by atoms with Crippen molar-refractivity contribution in [3.63, 3.8) is 0 Å². The van der Waals surface area contributed by atoms with E-state index in [2.05, 4.69) is 29.5 Å². The maximum absolute atomic E-state index is 12.9. The maximum Gasteiger partial charge on any atom is 0.305 e. The monoisotopic (exact) mass is 433 g/mol. The SMILES string of the molecule is Cc1ccc(C(CC(=O)O)NC[C@H](CC(C)C)NC(=O)c2cc3ccccc3cn2)cc1. The molecule has 0 aliphatic carbocycles. The maximum atomic E-state index is 12.9. The molecule has 2 aromatic carbocycles. The molecule has 32 heavy (non-hydrogen) atoms. The topological polar surface area (TPSA) is 91.3 Å². The Hall–Kier alpha value is -3.25.